The Morgan fingerprint density at radius 2 is 1.89 bits per heavy atom. The summed E-state index contributed by atoms with van der Waals surface area (Å²) in [4.78, 5) is 22.7. The van der Waals surface area contributed by atoms with Crippen LogP contribution < -0.4 is 16.0 Å². The fourth-order valence-corrected chi connectivity index (χ4v) is 1.47. The largest absolute Gasteiger partial charge is 0.374 e. The van der Waals surface area contributed by atoms with Crippen LogP contribution in [-0.2, 0) is 4.79 Å². The molecule has 0 aromatic heterocycles. The number of carbonyl (C=O) groups excluding carboxylic acids is 2. The van der Waals surface area contributed by atoms with Crippen LogP contribution in [0.25, 0.3) is 0 Å². The number of hydrogen-bond acceptors (Lipinski definition) is 3. The van der Waals surface area contributed by atoms with Crippen LogP contribution in [0.2, 0.25) is 0 Å². The first-order chi connectivity index (χ1) is 8.43. The number of nitrogens with one attached hydrogen (secondary N) is 3. The number of imide groups is 1. The molecule has 0 fully saturated rings. The Kier molecular flexibility index (Phi) is 4.71. The zero-order valence-electron chi connectivity index (χ0n) is 11.1. The molecule has 0 saturated heterocycles. The van der Waals surface area contributed by atoms with Gasteiger partial charge in [0.25, 0.3) is 0 Å². The molecule has 0 aliphatic rings. The van der Waals surface area contributed by atoms with E-state index in [1.165, 1.54) is 7.05 Å². The van der Waals surface area contributed by atoms with Crippen molar-refractivity contribution in [3.05, 3.63) is 29.3 Å². The van der Waals surface area contributed by atoms with Crippen LogP contribution in [0, 0.1) is 13.8 Å². The van der Waals surface area contributed by atoms with Gasteiger partial charge >= 0.3 is 6.03 Å². The van der Waals surface area contributed by atoms with Gasteiger partial charge in [-0.1, -0.05) is 12.1 Å². The SMILES string of the molecule is CNC(=O)NC(=O)[C@@H](C)Nc1cc(C)ccc1C. The molecule has 5 heteroatoms. The van der Waals surface area contributed by atoms with Gasteiger partial charge in [0.05, 0.1) is 0 Å². The van der Waals surface area contributed by atoms with Crippen LogP contribution in [0.15, 0.2) is 18.2 Å². The van der Waals surface area contributed by atoms with Crippen molar-refractivity contribution in [2.24, 2.45) is 0 Å². The van der Waals surface area contributed by atoms with E-state index in [2.05, 4.69) is 16.0 Å². The Balaban J connectivity index is 2.69. The monoisotopic (exact) mass is 249 g/mol. The van der Waals surface area contributed by atoms with E-state index in [1.807, 2.05) is 32.0 Å². The highest BCUT2D eigenvalue weighted by molar-refractivity contribution is 5.97. The van der Waals surface area contributed by atoms with Crippen molar-refractivity contribution in [1.29, 1.82) is 0 Å². The average molecular weight is 249 g/mol. The number of rotatable bonds is 3. The molecule has 0 aliphatic heterocycles. The second-order valence-electron chi connectivity index (χ2n) is 4.25. The minimum absolute atomic E-state index is 0.366. The van der Waals surface area contributed by atoms with Crippen LogP contribution >= 0.6 is 0 Å². The highest BCUT2D eigenvalue weighted by atomic mass is 16.2. The molecule has 3 amide bonds. The molecule has 0 unspecified atom stereocenters. The van der Waals surface area contributed by atoms with Gasteiger partial charge in [0, 0.05) is 12.7 Å². The molecule has 3 N–H and O–H groups in total. The number of carbonyl (C=O) groups is 2. The van der Waals surface area contributed by atoms with Crippen molar-refractivity contribution in [2.45, 2.75) is 26.8 Å². The predicted molar refractivity (Wildman–Crippen MR) is 71.6 cm³/mol. The third-order valence-electron chi connectivity index (χ3n) is 2.62. The number of anilines is 1. The third-order valence-corrected chi connectivity index (χ3v) is 2.62. The molecular formula is C13H19N3O2. The van der Waals surface area contributed by atoms with Crippen molar-refractivity contribution in [1.82, 2.24) is 10.6 Å². The summed E-state index contributed by atoms with van der Waals surface area (Å²) in [5.41, 5.74) is 3.07. The summed E-state index contributed by atoms with van der Waals surface area (Å²) >= 11 is 0. The molecule has 0 spiro atoms. The van der Waals surface area contributed by atoms with Gasteiger partial charge in [-0.15, -0.1) is 0 Å². The standard InChI is InChI=1S/C13H19N3O2/c1-8-5-6-9(2)11(7-8)15-10(3)12(17)16-13(18)14-4/h5-7,10,15H,1-4H3,(H2,14,16,17,18)/t10-/m1/s1. The normalized spacial score (nSPS) is 11.6. The van der Waals surface area contributed by atoms with Crippen molar-refractivity contribution in [2.75, 3.05) is 12.4 Å². The summed E-state index contributed by atoms with van der Waals surface area (Å²) < 4.78 is 0. The number of urea groups is 1. The Hall–Kier alpha value is -2.04. The number of hydrogen-bond donors (Lipinski definition) is 3. The van der Waals surface area contributed by atoms with Crippen LogP contribution in [-0.4, -0.2) is 25.0 Å². The zero-order valence-corrected chi connectivity index (χ0v) is 11.1. The summed E-state index contributed by atoms with van der Waals surface area (Å²) in [6, 6.07) is 4.98. The Bertz CT molecular complexity index is 458. The fourth-order valence-electron chi connectivity index (χ4n) is 1.47. The molecule has 1 rings (SSSR count). The van der Waals surface area contributed by atoms with Crippen LogP contribution in [0.1, 0.15) is 18.1 Å². The molecule has 98 valence electrons. The zero-order chi connectivity index (χ0) is 13.7. The first kappa shape index (κ1) is 14.0. The van der Waals surface area contributed by atoms with Crippen molar-refractivity contribution in [3.63, 3.8) is 0 Å². The Labute approximate surface area is 107 Å². The highest BCUT2D eigenvalue weighted by Gasteiger charge is 2.15. The second-order valence-corrected chi connectivity index (χ2v) is 4.25. The topological polar surface area (TPSA) is 70.2 Å². The van der Waals surface area contributed by atoms with Crippen molar-refractivity contribution in [3.8, 4) is 0 Å². The lowest BCUT2D eigenvalue weighted by atomic mass is 10.1. The van der Waals surface area contributed by atoms with Crippen LogP contribution in [0.5, 0.6) is 0 Å². The molecule has 18 heavy (non-hydrogen) atoms. The summed E-state index contributed by atoms with van der Waals surface area (Å²) in [6.45, 7) is 5.66. The minimum Gasteiger partial charge on any atom is -0.374 e. The maximum absolute atomic E-state index is 11.7. The maximum atomic E-state index is 11.7. The Morgan fingerprint density at radius 3 is 2.50 bits per heavy atom. The van der Waals surface area contributed by atoms with E-state index in [-0.39, 0.29) is 5.91 Å². The van der Waals surface area contributed by atoms with Gasteiger partial charge in [0.1, 0.15) is 6.04 Å². The molecule has 5 nitrogen and oxygen atoms in total. The average Bonchev–Trinajstić information content (AvgIpc) is 2.33. The fraction of sp³-hybridized carbons (Fsp3) is 0.385. The van der Waals surface area contributed by atoms with Gasteiger partial charge in [0.15, 0.2) is 0 Å². The molecule has 1 atom stereocenters. The molecule has 0 bridgehead atoms. The van der Waals surface area contributed by atoms with E-state index >= 15 is 0 Å². The number of aryl methyl sites for hydroxylation is 2. The first-order valence-corrected chi connectivity index (χ1v) is 5.80. The second kappa shape index (κ2) is 6.05. The quantitative estimate of drug-likeness (QED) is 0.761. The highest BCUT2D eigenvalue weighted by Crippen LogP contribution is 2.17. The molecule has 0 aliphatic carbocycles. The predicted octanol–water partition coefficient (Wildman–Crippen LogP) is 1.56. The lowest BCUT2D eigenvalue weighted by molar-refractivity contribution is -0.120. The van der Waals surface area contributed by atoms with E-state index in [0.29, 0.717) is 0 Å². The summed E-state index contributed by atoms with van der Waals surface area (Å²) in [7, 11) is 1.46. The van der Waals surface area contributed by atoms with Gasteiger partial charge in [-0.25, -0.2) is 4.79 Å². The number of benzene rings is 1. The van der Waals surface area contributed by atoms with E-state index in [1.54, 1.807) is 6.92 Å². The lowest BCUT2D eigenvalue weighted by Crippen LogP contribution is -2.44. The van der Waals surface area contributed by atoms with Gasteiger partial charge in [-0.2, -0.15) is 0 Å². The van der Waals surface area contributed by atoms with Gasteiger partial charge in [-0.05, 0) is 38.0 Å². The van der Waals surface area contributed by atoms with Crippen molar-refractivity contribution >= 4 is 17.6 Å². The first-order valence-electron chi connectivity index (χ1n) is 5.80. The van der Waals surface area contributed by atoms with E-state index in [9.17, 15) is 9.59 Å². The smallest absolute Gasteiger partial charge is 0.321 e. The molecular weight excluding hydrogens is 230 g/mol. The molecule has 0 saturated carbocycles. The Morgan fingerprint density at radius 1 is 1.22 bits per heavy atom. The number of amides is 3. The van der Waals surface area contributed by atoms with Gasteiger partial charge < -0.3 is 10.6 Å². The summed E-state index contributed by atoms with van der Waals surface area (Å²) in [5, 5.41) is 7.66. The van der Waals surface area contributed by atoms with Crippen molar-refractivity contribution < 1.29 is 9.59 Å². The molecule has 0 heterocycles. The molecule has 0 radical (unpaired) electrons. The van der Waals surface area contributed by atoms with E-state index < -0.39 is 12.1 Å². The minimum atomic E-state index is -0.505. The molecule has 1 aromatic rings. The van der Waals surface area contributed by atoms with E-state index in [4.69, 9.17) is 0 Å². The van der Waals surface area contributed by atoms with E-state index in [0.717, 1.165) is 16.8 Å². The van der Waals surface area contributed by atoms with Gasteiger partial charge in [0.2, 0.25) is 5.91 Å². The summed E-state index contributed by atoms with van der Waals surface area (Å²) in [6.07, 6.45) is 0. The summed E-state index contributed by atoms with van der Waals surface area (Å²) in [5.74, 6) is -0.366. The lowest BCUT2D eigenvalue weighted by Gasteiger charge is -2.16. The van der Waals surface area contributed by atoms with Crippen LogP contribution in [0.4, 0.5) is 10.5 Å². The van der Waals surface area contributed by atoms with Crippen LogP contribution in [0.3, 0.4) is 0 Å². The third kappa shape index (κ3) is 3.76. The van der Waals surface area contributed by atoms with Gasteiger partial charge in [-0.3, -0.25) is 10.1 Å². The molecule has 1 aromatic carbocycles. The maximum Gasteiger partial charge on any atom is 0.321 e.